The molecule has 0 aliphatic heterocycles. The van der Waals surface area contributed by atoms with Crippen LogP contribution in [0.15, 0.2) is 40.9 Å². The Hall–Kier alpha value is -1.59. The number of carboxylic acid groups (broad SMARTS) is 1. The van der Waals surface area contributed by atoms with Gasteiger partial charge in [0, 0.05) is 22.3 Å². The minimum atomic E-state index is -1.10. The summed E-state index contributed by atoms with van der Waals surface area (Å²) in [5, 5.41) is 12.1. The second-order valence-electron chi connectivity index (χ2n) is 4.09. The third-order valence-corrected chi connectivity index (χ3v) is 3.51. The van der Waals surface area contributed by atoms with E-state index in [4.69, 9.17) is 16.7 Å². The molecule has 0 spiro atoms. The van der Waals surface area contributed by atoms with E-state index in [1.54, 1.807) is 18.2 Å². The van der Waals surface area contributed by atoms with Gasteiger partial charge in [0.2, 0.25) is 0 Å². The highest BCUT2D eigenvalue weighted by atomic mass is 79.9. The molecule has 0 aromatic heterocycles. The number of halogens is 3. The van der Waals surface area contributed by atoms with Crippen molar-refractivity contribution >= 4 is 39.2 Å². The largest absolute Gasteiger partial charge is 0.478 e. The smallest absolute Gasteiger partial charge is 0.337 e. The predicted molar refractivity (Wildman–Crippen MR) is 79.8 cm³/mol. The molecule has 2 rings (SSSR count). The topological polar surface area (TPSA) is 49.3 Å². The summed E-state index contributed by atoms with van der Waals surface area (Å²) >= 11 is 9.05. The first kappa shape index (κ1) is 14.8. The van der Waals surface area contributed by atoms with E-state index in [1.807, 2.05) is 0 Å². The van der Waals surface area contributed by atoms with Crippen molar-refractivity contribution in [2.45, 2.75) is 6.54 Å². The molecule has 2 aromatic carbocycles. The van der Waals surface area contributed by atoms with E-state index in [-0.39, 0.29) is 22.9 Å². The van der Waals surface area contributed by atoms with Gasteiger partial charge in [-0.1, -0.05) is 27.5 Å². The van der Waals surface area contributed by atoms with Crippen LogP contribution in [-0.4, -0.2) is 11.1 Å². The lowest BCUT2D eigenvalue weighted by atomic mass is 10.1. The first-order valence-corrected chi connectivity index (χ1v) is 6.85. The zero-order valence-corrected chi connectivity index (χ0v) is 12.5. The molecule has 0 aliphatic rings. The summed E-state index contributed by atoms with van der Waals surface area (Å²) in [6, 6.07) is 9.20. The fourth-order valence-electron chi connectivity index (χ4n) is 1.68. The highest BCUT2D eigenvalue weighted by Crippen LogP contribution is 2.22. The van der Waals surface area contributed by atoms with E-state index in [0.29, 0.717) is 11.3 Å². The Morgan fingerprint density at radius 2 is 2.05 bits per heavy atom. The van der Waals surface area contributed by atoms with E-state index < -0.39 is 5.97 Å². The number of carboxylic acids is 1. The van der Waals surface area contributed by atoms with Crippen LogP contribution < -0.4 is 5.32 Å². The fourth-order valence-corrected chi connectivity index (χ4v) is 2.28. The molecule has 0 aliphatic carbocycles. The molecule has 0 saturated carbocycles. The van der Waals surface area contributed by atoms with Crippen LogP contribution in [0.3, 0.4) is 0 Å². The molecule has 2 aromatic rings. The van der Waals surface area contributed by atoms with Crippen LogP contribution >= 0.6 is 27.5 Å². The molecule has 0 atom stereocenters. The van der Waals surface area contributed by atoms with Crippen LogP contribution in [0.5, 0.6) is 0 Å². The van der Waals surface area contributed by atoms with Gasteiger partial charge in [-0.25, -0.2) is 9.18 Å². The van der Waals surface area contributed by atoms with Crippen LogP contribution in [-0.2, 0) is 6.54 Å². The molecule has 6 heteroatoms. The van der Waals surface area contributed by atoms with Gasteiger partial charge in [-0.15, -0.1) is 0 Å². The standard InChI is InChI=1S/C14H10BrClFNO2/c15-9-1-4-13(17)8(5-9)7-18-10-2-3-12(16)11(6-10)14(19)20/h1-6,18H,7H2,(H,19,20). The number of anilines is 1. The highest BCUT2D eigenvalue weighted by molar-refractivity contribution is 9.10. The average Bonchev–Trinajstić information content (AvgIpc) is 2.41. The molecule has 0 saturated heterocycles. The Labute approximate surface area is 128 Å². The average molecular weight is 359 g/mol. The molecule has 20 heavy (non-hydrogen) atoms. The summed E-state index contributed by atoms with van der Waals surface area (Å²) in [5.74, 6) is -1.43. The summed E-state index contributed by atoms with van der Waals surface area (Å²) in [7, 11) is 0. The Morgan fingerprint density at radius 1 is 1.30 bits per heavy atom. The lowest BCUT2D eigenvalue weighted by molar-refractivity contribution is 0.0697. The lowest BCUT2D eigenvalue weighted by Crippen LogP contribution is -2.04. The maximum Gasteiger partial charge on any atom is 0.337 e. The summed E-state index contributed by atoms with van der Waals surface area (Å²) in [5.41, 5.74) is 1.05. The Bertz CT molecular complexity index is 664. The number of hydrogen-bond acceptors (Lipinski definition) is 2. The van der Waals surface area contributed by atoms with Crippen molar-refractivity contribution in [3.05, 3.63) is 62.8 Å². The molecule has 0 amide bonds. The van der Waals surface area contributed by atoms with Crippen molar-refractivity contribution < 1.29 is 14.3 Å². The molecule has 0 fully saturated rings. The van der Waals surface area contributed by atoms with Crippen molar-refractivity contribution in [1.82, 2.24) is 0 Å². The molecular formula is C14H10BrClFNO2. The Kier molecular flexibility index (Phi) is 4.62. The first-order valence-electron chi connectivity index (χ1n) is 5.68. The summed E-state index contributed by atoms with van der Waals surface area (Å²) < 4.78 is 14.3. The van der Waals surface area contributed by atoms with Gasteiger partial charge in [0.1, 0.15) is 5.82 Å². The molecule has 0 bridgehead atoms. The summed E-state index contributed by atoms with van der Waals surface area (Å²) in [6.45, 7) is 0.242. The van der Waals surface area contributed by atoms with Crippen molar-refractivity contribution in [1.29, 1.82) is 0 Å². The van der Waals surface area contributed by atoms with Gasteiger partial charge < -0.3 is 10.4 Å². The van der Waals surface area contributed by atoms with Gasteiger partial charge in [-0.2, -0.15) is 0 Å². The quantitative estimate of drug-likeness (QED) is 0.843. The number of nitrogens with one attached hydrogen (secondary N) is 1. The van der Waals surface area contributed by atoms with E-state index in [2.05, 4.69) is 21.2 Å². The third kappa shape index (κ3) is 3.49. The maximum absolute atomic E-state index is 13.6. The van der Waals surface area contributed by atoms with Gasteiger partial charge in [-0.05, 0) is 36.4 Å². The zero-order chi connectivity index (χ0) is 14.7. The van der Waals surface area contributed by atoms with Gasteiger partial charge >= 0.3 is 5.97 Å². The van der Waals surface area contributed by atoms with Gasteiger partial charge in [-0.3, -0.25) is 0 Å². The van der Waals surface area contributed by atoms with Gasteiger partial charge in [0.15, 0.2) is 0 Å². The fraction of sp³-hybridized carbons (Fsp3) is 0.0714. The van der Waals surface area contributed by atoms with Crippen LogP contribution in [0.1, 0.15) is 15.9 Å². The van der Waals surface area contributed by atoms with Crippen LogP contribution in [0.25, 0.3) is 0 Å². The monoisotopic (exact) mass is 357 g/mol. The Morgan fingerprint density at radius 3 is 2.75 bits per heavy atom. The maximum atomic E-state index is 13.6. The second kappa shape index (κ2) is 6.24. The van der Waals surface area contributed by atoms with Crippen molar-refractivity contribution in [2.24, 2.45) is 0 Å². The van der Waals surface area contributed by atoms with Crippen LogP contribution in [0.2, 0.25) is 5.02 Å². The second-order valence-corrected chi connectivity index (χ2v) is 5.41. The molecule has 2 N–H and O–H groups in total. The first-order chi connectivity index (χ1) is 9.47. The molecule has 0 unspecified atom stereocenters. The SMILES string of the molecule is O=C(O)c1cc(NCc2cc(Br)ccc2F)ccc1Cl. The minimum absolute atomic E-state index is 0.00591. The lowest BCUT2D eigenvalue weighted by Gasteiger charge is -2.09. The van der Waals surface area contributed by atoms with E-state index in [9.17, 15) is 9.18 Å². The molecular weight excluding hydrogens is 349 g/mol. The van der Waals surface area contributed by atoms with E-state index in [0.717, 1.165) is 4.47 Å². The number of hydrogen-bond donors (Lipinski definition) is 2. The van der Waals surface area contributed by atoms with Crippen LogP contribution in [0.4, 0.5) is 10.1 Å². The minimum Gasteiger partial charge on any atom is -0.478 e. The zero-order valence-electron chi connectivity index (χ0n) is 10.2. The number of aromatic carboxylic acids is 1. The van der Waals surface area contributed by atoms with E-state index >= 15 is 0 Å². The third-order valence-electron chi connectivity index (χ3n) is 2.69. The summed E-state index contributed by atoms with van der Waals surface area (Å²) in [6.07, 6.45) is 0. The van der Waals surface area contributed by atoms with Crippen molar-refractivity contribution in [3.8, 4) is 0 Å². The van der Waals surface area contributed by atoms with Gasteiger partial charge in [0.25, 0.3) is 0 Å². The van der Waals surface area contributed by atoms with E-state index in [1.165, 1.54) is 18.2 Å². The molecule has 104 valence electrons. The summed E-state index contributed by atoms with van der Waals surface area (Å²) in [4.78, 5) is 11.0. The van der Waals surface area contributed by atoms with Crippen molar-refractivity contribution in [3.63, 3.8) is 0 Å². The van der Waals surface area contributed by atoms with Crippen molar-refractivity contribution in [2.75, 3.05) is 5.32 Å². The molecule has 3 nitrogen and oxygen atoms in total. The normalized spacial score (nSPS) is 10.3. The van der Waals surface area contributed by atoms with Gasteiger partial charge in [0.05, 0.1) is 10.6 Å². The Balaban J connectivity index is 2.17. The number of carbonyl (C=O) groups is 1. The molecule has 0 heterocycles. The highest BCUT2D eigenvalue weighted by Gasteiger charge is 2.09. The van der Waals surface area contributed by atoms with Crippen LogP contribution in [0, 0.1) is 5.82 Å². The predicted octanol–water partition coefficient (Wildman–Crippen LogP) is 4.55. The number of benzene rings is 2. The molecule has 0 radical (unpaired) electrons. The number of rotatable bonds is 4.